The number of benzene rings is 1. The molecule has 0 fully saturated rings. The first kappa shape index (κ1) is 17.5. The number of hydrogen-bond donors (Lipinski definition) is 1. The van der Waals surface area contributed by atoms with Gasteiger partial charge in [-0.15, -0.1) is 11.3 Å². The molecule has 4 rings (SSSR count). The van der Waals surface area contributed by atoms with Gasteiger partial charge in [-0.3, -0.25) is 9.59 Å². The van der Waals surface area contributed by atoms with E-state index in [4.69, 9.17) is 4.42 Å². The van der Waals surface area contributed by atoms with Crippen LogP contribution < -0.4 is 10.2 Å². The quantitative estimate of drug-likeness (QED) is 0.751. The van der Waals surface area contributed by atoms with Crippen molar-refractivity contribution in [3.8, 4) is 10.8 Å². The fraction of sp³-hybridized carbons (Fsp3) is 0.250. The number of aromatic nitrogens is 1. The molecular formula is C20H19N3O3S. The van der Waals surface area contributed by atoms with Crippen LogP contribution in [-0.2, 0) is 11.2 Å². The molecule has 2 aromatic heterocycles. The number of nitrogens with zero attached hydrogens (tertiary/aromatic N) is 2. The van der Waals surface area contributed by atoms with Gasteiger partial charge in [-0.05, 0) is 42.8 Å². The normalized spacial score (nSPS) is 13.3. The van der Waals surface area contributed by atoms with Crippen molar-refractivity contribution in [3.05, 3.63) is 58.8 Å². The molecule has 1 aliphatic rings. The van der Waals surface area contributed by atoms with Crippen molar-refractivity contribution in [1.82, 2.24) is 10.3 Å². The summed E-state index contributed by atoms with van der Waals surface area (Å²) >= 11 is 1.49. The molecule has 2 amide bonds. The molecule has 0 spiro atoms. The summed E-state index contributed by atoms with van der Waals surface area (Å²) in [7, 11) is 0. The van der Waals surface area contributed by atoms with Crippen molar-refractivity contribution in [2.45, 2.75) is 19.8 Å². The molecule has 3 aromatic rings. The Morgan fingerprint density at radius 1 is 1.26 bits per heavy atom. The van der Waals surface area contributed by atoms with Gasteiger partial charge in [0.1, 0.15) is 5.76 Å². The largest absolute Gasteiger partial charge is 0.440 e. The Morgan fingerprint density at radius 3 is 2.93 bits per heavy atom. The molecule has 0 atom stereocenters. The minimum Gasteiger partial charge on any atom is -0.440 e. The maximum atomic E-state index is 12.6. The molecule has 0 aliphatic carbocycles. The Labute approximate surface area is 160 Å². The summed E-state index contributed by atoms with van der Waals surface area (Å²) < 4.78 is 5.59. The van der Waals surface area contributed by atoms with E-state index in [1.165, 1.54) is 11.3 Å². The SMILES string of the molecule is Cc1oc(-c2cccs2)nc1C(=O)NCC(=O)N1CCCc2ccccc21. The number of para-hydroxylation sites is 1. The van der Waals surface area contributed by atoms with Gasteiger partial charge < -0.3 is 14.6 Å². The van der Waals surface area contributed by atoms with Gasteiger partial charge in [0.2, 0.25) is 11.8 Å². The maximum Gasteiger partial charge on any atom is 0.273 e. The van der Waals surface area contributed by atoms with Gasteiger partial charge in [-0.25, -0.2) is 4.98 Å². The van der Waals surface area contributed by atoms with Crippen molar-refractivity contribution in [3.63, 3.8) is 0 Å². The van der Waals surface area contributed by atoms with Gasteiger partial charge in [0.25, 0.3) is 5.91 Å². The minimum atomic E-state index is -0.405. The molecule has 0 bridgehead atoms. The highest BCUT2D eigenvalue weighted by atomic mass is 32.1. The number of aryl methyl sites for hydroxylation is 2. The molecule has 0 saturated heterocycles. The zero-order chi connectivity index (χ0) is 18.8. The van der Waals surface area contributed by atoms with Crippen LogP contribution in [-0.4, -0.2) is 29.9 Å². The Balaban J connectivity index is 1.44. The summed E-state index contributed by atoms with van der Waals surface area (Å²) in [6.45, 7) is 2.28. The average molecular weight is 381 g/mol. The van der Waals surface area contributed by atoms with Gasteiger partial charge in [0.15, 0.2) is 5.69 Å². The van der Waals surface area contributed by atoms with Crippen LogP contribution in [0.5, 0.6) is 0 Å². The van der Waals surface area contributed by atoms with Crippen molar-refractivity contribution in [2.24, 2.45) is 0 Å². The van der Waals surface area contributed by atoms with Gasteiger partial charge in [0.05, 0.1) is 11.4 Å². The van der Waals surface area contributed by atoms with Crippen molar-refractivity contribution >= 4 is 28.8 Å². The Kier molecular flexibility index (Phi) is 4.77. The van der Waals surface area contributed by atoms with E-state index in [2.05, 4.69) is 10.3 Å². The standard InChI is InChI=1S/C20H19N3O3S/c1-13-18(22-20(26-13)16-9-5-11-27-16)19(25)21-12-17(24)23-10-4-7-14-6-2-3-8-15(14)23/h2-3,5-6,8-9,11H,4,7,10,12H2,1H3,(H,21,25). The van der Waals surface area contributed by atoms with E-state index in [-0.39, 0.29) is 18.1 Å². The third-order valence-corrected chi connectivity index (χ3v) is 5.41. The summed E-state index contributed by atoms with van der Waals surface area (Å²) in [6, 6.07) is 11.7. The van der Waals surface area contributed by atoms with Gasteiger partial charge >= 0.3 is 0 Å². The van der Waals surface area contributed by atoms with Crippen LogP contribution in [0.4, 0.5) is 5.69 Å². The summed E-state index contributed by atoms with van der Waals surface area (Å²) in [6.07, 6.45) is 1.89. The molecule has 3 heterocycles. The second-order valence-corrected chi connectivity index (χ2v) is 7.31. The summed E-state index contributed by atoms with van der Waals surface area (Å²) in [4.78, 5) is 32.0. The van der Waals surface area contributed by atoms with Crippen LogP contribution in [0.25, 0.3) is 10.8 Å². The zero-order valence-electron chi connectivity index (χ0n) is 14.9. The first-order chi connectivity index (χ1) is 13.1. The number of fused-ring (bicyclic) bond motifs is 1. The number of anilines is 1. The lowest BCUT2D eigenvalue weighted by Gasteiger charge is -2.29. The number of hydrogen-bond acceptors (Lipinski definition) is 5. The van der Waals surface area contributed by atoms with E-state index >= 15 is 0 Å². The highest BCUT2D eigenvalue weighted by Crippen LogP contribution is 2.27. The van der Waals surface area contributed by atoms with Crippen LogP contribution >= 0.6 is 11.3 Å². The third-order valence-electron chi connectivity index (χ3n) is 4.56. The third kappa shape index (κ3) is 3.50. The molecule has 7 heteroatoms. The van der Waals surface area contributed by atoms with Crippen molar-refractivity contribution in [1.29, 1.82) is 0 Å². The Bertz CT molecular complexity index is 978. The second kappa shape index (κ2) is 7.36. The molecular weight excluding hydrogens is 362 g/mol. The first-order valence-corrected chi connectivity index (χ1v) is 9.69. The molecule has 6 nitrogen and oxygen atoms in total. The highest BCUT2D eigenvalue weighted by molar-refractivity contribution is 7.13. The monoisotopic (exact) mass is 381 g/mol. The van der Waals surface area contributed by atoms with Gasteiger partial charge in [0, 0.05) is 12.2 Å². The maximum absolute atomic E-state index is 12.6. The number of amides is 2. The molecule has 138 valence electrons. The molecule has 1 N–H and O–H groups in total. The lowest BCUT2D eigenvalue weighted by Crippen LogP contribution is -2.42. The van der Waals surface area contributed by atoms with E-state index in [9.17, 15) is 9.59 Å². The van der Waals surface area contributed by atoms with Gasteiger partial charge in [-0.1, -0.05) is 24.3 Å². The van der Waals surface area contributed by atoms with Crippen LogP contribution in [0, 0.1) is 6.92 Å². The van der Waals surface area contributed by atoms with Crippen molar-refractivity contribution < 1.29 is 14.0 Å². The summed E-state index contributed by atoms with van der Waals surface area (Å²) in [5.41, 5.74) is 2.31. The molecule has 27 heavy (non-hydrogen) atoms. The molecule has 0 saturated carbocycles. The second-order valence-electron chi connectivity index (χ2n) is 6.36. The predicted octanol–water partition coefficient (Wildman–Crippen LogP) is 3.42. The van der Waals surface area contributed by atoms with Crippen LogP contribution in [0.2, 0.25) is 0 Å². The lowest BCUT2D eigenvalue weighted by atomic mass is 10.0. The lowest BCUT2D eigenvalue weighted by molar-refractivity contribution is -0.117. The zero-order valence-corrected chi connectivity index (χ0v) is 15.7. The number of nitrogens with one attached hydrogen (secondary N) is 1. The summed E-state index contributed by atoms with van der Waals surface area (Å²) in [5.74, 6) is 0.323. The Morgan fingerprint density at radius 2 is 2.11 bits per heavy atom. The minimum absolute atomic E-state index is 0.0756. The van der Waals surface area contributed by atoms with Crippen molar-refractivity contribution in [2.75, 3.05) is 18.0 Å². The molecule has 1 aliphatic heterocycles. The van der Waals surface area contributed by atoms with Crippen LogP contribution in [0.15, 0.2) is 46.2 Å². The summed E-state index contributed by atoms with van der Waals surface area (Å²) in [5, 5.41) is 4.60. The number of oxazole rings is 1. The number of carbonyl (C=O) groups excluding carboxylic acids is 2. The van der Waals surface area contributed by atoms with E-state index < -0.39 is 5.91 Å². The number of thiophene rings is 1. The average Bonchev–Trinajstić information content (AvgIpc) is 3.35. The van der Waals surface area contributed by atoms with Crippen LogP contribution in [0.1, 0.15) is 28.2 Å². The Hall–Kier alpha value is -2.93. The fourth-order valence-electron chi connectivity index (χ4n) is 3.24. The molecule has 0 unspecified atom stereocenters. The van der Waals surface area contributed by atoms with Gasteiger partial charge in [-0.2, -0.15) is 0 Å². The predicted molar refractivity (Wildman–Crippen MR) is 104 cm³/mol. The van der Waals surface area contributed by atoms with E-state index in [1.807, 2.05) is 41.8 Å². The number of carbonyl (C=O) groups is 2. The first-order valence-electron chi connectivity index (χ1n) is 8.81. The topological polar surface area (TPSA) is 75.4 Å². The smallest absolute Gasteiger partial charge is 0.273 e. The number of rotatable bonds is 4. The fourth-order valence-corrected chi connectivity index (χ4v) is 3.89. The van der Waals surface area contributed by atoms with Crippen LogP contribution in [0.3, 0.4) is 0 Å². The van der Waals surface area contributed by atoms with E-state index in [1.54, 1.807) is 11.8 Å². The molecule has 1 aromatic carbocycles. The van der Waals surface area contributed by atoms with E-state index in [0.717, 1.165) is 29.0 Å². The molecule has 0 radical (unpaired) electrons. The highest BCUT2D eigenvalue weighted by Gasteiger charge is 2.24. The van der Waals surface area contributed by atoms with E-state index in [0.29, 0.717) is 18.2 Å².